The van der Waals surface area contributed by atoms with Crippen LogP contribution in [-0.4, -0.2) is 37.3 Å². The van der Waals surface area contributed by atoms with Gasteiger partial charge in [0.1, 0.15) is 17.2 Å². The van der Waals surface area contributed by atoms with E-state index in [0.717, 1.165) is 55.5 Å². The van der Waals surface area contributed by atoms with Crippen LogP contribution in [0.4, 0.5) is 4.39 Å². The van der Waals surface area contributed by atoms with E-state index in [0.29, 0.717) is 19.4 Å². The first kappa shape index (κ1) is 23.3. The summed E-state index contributed by atoms with van der Waals surface area (Å²) in [5, 5.41) is 3.25. The van der Waals surface area contributed by atoms with Gasteiger partial charge in [0.2, 0.25) is 15.9 Å². The predicted molar refractivity (Wildman–Crippen MR) is 126 cm³/mol. The Labute approximate surface area is 200 Å². The molecule has 34 heavy (non-hydrogen) atoms. The van der Waals surface area contributed by atoms with Gasteiger partial charge >= 0.3 is 0 Å². The highest BCUT2D eigenvalue weighted by molar-refractivity contribution is 7.89. The van der Waals surface area contributed by atoms with Crippen LogP contribution >= 0.6 is 0 Å². The molecule has 2 heterocycles. The number of nitrogens with zero attached hydrogens (tertiary/aromatic N) is 1. The zero-order chi connectivity index (χ0) is 23.8. The molecule has 5 rings (SSSR count). The van der Waals surface area contributed by atoms with Crippen molar-refractivity contribution in [3.8, 4) is 5.75 Å². The molecule has 2 atom stereocenters. The summed E-state index contributed by atoms with van der Waals surface area (Å²) in [6, 6.07) is 12.6. The lowest BCUT2D eigenvalue weighted by molar-refractivity contribution is -0.127. The topological polar surface area (TPSA) is 75.7 Å². The zero-order valence-electron chi connectivity index (χ0n) is 19.2. The van der Waals surface area contributed by atoms with Crippen molar-refractivity contribution >= 4 is 15.9 Å². The van der Waals surface area contributed by atoms with Gasteiger partial charge in [-0.3, -0.25) is 4.79 Å². The second-order valence-corrected chi connectivity index (χ2v) is 11.7. The van der Waals surface area contributed by atoms with Crippen LogP contribution < -0.4 is 10.1 Å². The number of benzene rings is 2. The number of nitrogens with one attached hydrogen (secondary N) is 1. The highest BCUT2D eigenvalue weighted by atomic mass is 32.2. The molecule has 2 fully saturated rings. The van der Waals surface area contributed by atoms with Crippen molar-refractivity contribution in [3.05, 3.63) is 59.9 Å². The Hall–Kier alpha value is -2.45. The molecule has 2 aliphatic heterocycles. The average Bonchev–Trinajstić information content (AvgIpc) is 2.85. The minimum absolute atomic E-state index is 0.0487. The lowest BCUT2D eigenvalue weighted by atomic mass is 9.77. The van der Waals surface area contributed by atoms with E-state index in [-0.39, 0.29) is 29.0 Å². The maximum atomic E-state index is 13.4. The first-order chi connectivity index (χ1) is 16.4. The molecule has 1 N–H and O–H groups in total. The summed E-state index contributed by atoms with van der Waals surface area (Å²) in [5.74, 6) is -0.194. The highest BCUT2D eigenvalue weighted by Crippen LogP contribution is 2.46. The Morgan fingerprint density at radius 2 is 1.76 bits per heavy atom. The van der Waals surface area contributed by atoms with Crippen LogP contribution in [-0.2, 0) is 14.8 Å². The minimum Gasteiger partial charge on any atom is -0.487 e. The van der Waals surface area contributed by atoms with E-state index in [1.165, 1.54) is 22.9 Å². The maximum Gasteiger partial charge on any atom is 0.243 e. The molecule has 0 aromatic heterocycles. The summed E-state index contributed by atoms with van der Waals surface area (Å²) in [7, 11) is -3.78. The van der Waals surface area contributed by atoms with E-state index in [4.69, 9.17) is 4.74 Å². The van der Waals surface area contributed by atoms with Crippen LogP contribution in [0.1, 0.15) is 63.0 Å². The van der Waals surface area contributed by atoms with Crippen molar-refractivity contribution in [2.24, 2.45) is 5.92 Å². The Bertz CT molecular complexity index is 1150. The van der Waals surface area contributed by atoms with Crippen LogP contribution in [0.5, 0.6) is 5.75 Å². The first-order valence-electron chi connectivity index (χ1n) is 12.2. The molecule has 1 aliphatic carbocycles. The van der Waals surface area contributed by atoms with Crippen molar-refractivity contribution < 1.29 is 22.3 Å². The number of amides is 1. The first-order valence-corrected chi connectivity index (χ1v) is 13.6. The maximum absolute atomic E-state index is 13.4. The van der Waals surface area contributed by atoms with Gasteiger partial charge in [-0.1, -0.05) is 24.6 Å². The number of carbonyl (C=O) groups excluding carboxylic acids is 1. The van der Waals surface area contributed by atoms with Crippen LogP contribution in [0.25, 0.3) is 0 Å². The van der Waals surface area contributed by atoms with E-state index in [1.54, 1.807) is 0 Å². The molecule has 182 valence electrons. The number of sulfonamides is 1. The number of rotatable bonds is 4. The Kier molecular flexibility index (Phi) is 6.37. The van der Waals surface area contributed by atoms with Crippen molar-refractivity contribution in [2.75, 3.05) is 13.1 Å². The SMILES string of the molecule is O=C(N[C@@H]1CC2(CCCCC2)Oc2ccccc21)[C@@H]1CCCN(S(=O)(=O)c2ccc(F)cc2)C1. The van der Waals surface area contributed by atoms with Gasteiger partial charge in [-0.2, -0.15) is 4.31 Å². The van der Waals surface area contributed by atoms with Crippen LogP contribution in [0, 0.1) is 11.7 Å². The number of ether oxygens (including phenoxy) is 1. The van der Waals surface area contributed by atoms with Gasteiger partial charge in [0.25, 0.3) is 0 Å². The fourth-order valence-corrected chi connectivity index (χ4v) is 7.19. The third-order valence-electron chi connectivity index (χ3n) is 7.48. The monoisotopic (exact) mass is 486 g/mol. The summed E-state index contributed by atoms with van der Waals surface area (Å²) in [6.07, 6.45) is 7.42. The molecule has 3 aliphatic rings. The van der Waals surface area contributed by atoms with E-state index in [9.17, 15) is 17.6 Å². The molecule has 2 aromatic rings. The molecule has 1 saturated heterocycles. The molecule has 0 unspecified atom stereocenters. The third-order valence-corrected chi connectivity index (χ3v) is 9.36. The molecule has 1 amide bonds. The van der Waals surface area contributed by atoms with E-state index >= 15 is 0 Å². The molecule has 1 spiro atoms. The van der Waals surface area contributed by atoms with E-state index in [1.807, 2.05) is 24.3 Å². The molecule has 8 heteroatoms. The average molecular weight is 487 g/mol. The van der Waals surface area contributed by atoms with Crippen molar-refractivity contribution in [1.82, 2.24) is 9.62 Å². The second kappa shape index (κ2) is 9.30. The summed E-state index contributed by atoms with van der Waals surface area (Å²) in [6.45, 7) is 0.480. The van der Waals surface area contributed by atoms with E-state index < -0.39 is 21.8 Å². The van der Waals surface area contributed by atoms with E-state index in [2.05, 4.69) is 5.32 Å². The number of carbonyl (C=O) groups is 1. The Morgan fingerprint density at radius 3 is 2.53 bits per heavy atom. The Morgan fingerprint density at radius 1 is 1.03 bits per heavy atom. The van der Waals surface area contributed by atoms with Gasteiger partial charge in [0.15, 0.2) is 0 Å². The predicted octanol–water partition coefficient (Wildman–Crippen LogP) is 4.57. The number of fused-ring (bicyclic) bond motifs is 1. The van der Waals surface area contributed by atoms with Crippen molar-refractivity contribution in [1.29, 1.82) is 0 Å². The fourth-order valence-electron chi connectivity index (χ4n) is 5.67. The molecular weight excluding hydrogens is 455 g/mol. The van der Waals surface area contributed by atoms with Gasteiger partial charge in [-0.25, -0.2) is 12.8 Å². The number of hydrogen-bond donors (Lipinski definition) is 1. The number of halogens is 1. The van der Waals surface area contributed by atoms with Crippen LogP contribution in [0.2, 0.25) is 0 Å². The number of para-hydroxylation sites is 1. The fraction of sp³-hybridized carbons (Fsp3) is 0.500. The smallest absolute Gasteiger partial charge is 0.243 e. The normalized spacial score (nSPS) is 24.7. The van der Waals surface area contributed by atoms with Gasteiger partial charge in [-0.05, 0) is 68.9 Å². The lowest BCUT2D eigenvalue weighted by Gasteiger charge is -2.45. The minimum atomic E-state index is -3.78. The summed E-state index contributed by atoms with van der Waals surface area (Å²) in [5.41, 5.74) is 0.744. The molecular formula is C26H31FN2O4S. The molecule has 0 bridgehead atoms. The highest BCUT2D eigenvalue weighted by Gasteiger charge is 2.43. The van der Waals surface area contributed by atoms with Gasteiger partial charge in [0, 0.05) is 25.1 Å². The van der Waals surface area contributed by atoms with Crippen molar-refractivity contribution in [2.45, 2.75) is 67.9 Å². The summed E-state index contributed by atoms with van der Waals surface area (Å²) in [4.78, 5) is 13.4. The molecule has 1 saturated carbocycles. The Balaban J connectivity index is 1.32. The summed E-state index contributed by atoms with van der Waals surface area (Å²) < 4.78 is 47.3. The zero-order valence-corrected chi connectivity index (χ0v) is 20.0. The van der Waals surface area contributed by atoms with Gasteiger partial charge < -0.3 is 10.1 Å². The third kappa shape index (κ3) is 4.58. The molecule has 6 nitrogen and oxygen atoms in total. The number of hydrogen-bond acceptors (Lipinski definition) is 4. The van der Waals surface area contributed by atoms with Gasteiger partial charge in [-0.15, -0.1) is 0 Å². The summed E-state index contributed by atoms with van der Waals surface area (Å²) >= 11 is 0. The largest absolute Gasteiger partial charge is 0.487 e. The standard InChI is InChI=1S/C26H31FN2O4S/c27-20-10-12-21(13-11-20)34(31,32)29-16-6-7-19(18-29)25(30)28-23-17-26(14-4-1-5-15-26)33-24-9-3-2-8-22(23)24/h2-3,8-13,19,23H,1,4-7,14-18H2,(H,28,30)/t19-,23-/m1/s1. The quantitative estimate of drug-likeness (QED) is 0.687. The van der Waals surface area contributed by atoms with Crippen molar-refractivity contribution in [3.63, 3.8) is 0 Å². The number of piperidine rings is 1. The van der Waals surface area contributed by atoms with Crippen LogP contribution in [0.3, 0.4) is 0 Å². The molecule has 0 radical (unpaired) electrons. The molecule has 2 aromatic carbocycles. The van der Waals surface area contributed by atoms with Crippen LogP contribution in [0.15, 0.2) is 53.4 Å². The lowest BCUT2D eigenvalue weighted by Crippen LogP contribution is -2.49. The second-order valence-electron chi connectivity index (χ2n) is 9.80. The van der Waals surface area contributed by atoms with Gasteiger partial charge in [0.05, 0.1) is 16.9 Å².